The molecule has 0 aromatic heterocycles. The van der Waals surface area contributed by atoms with Gasteiger partial charge in [-0.2, -0.15) is 5.01 Å². The molecule has 0 aliphatic carbocycles. The van der Waals surface area contributed by atoms with Gasteiger partial charge in [0.15, 0.2) is 5.72 Å². The van der Waals surface area contributed by atoms with E-state index >= 15 is 0 Å². The number of fused-ring (bicyclic) bond motifs is 4. The number of rotatable bonds is 2. The maximum Gasteiger partial charge on any atom is 0.191 e. The molecule has 3 aliphatic rings. The Hall–Kier alpha value is -3.08. The van der Waals surface area contributed by atoms with Gasteiger partial charge in [-0.15, -0.1) is 0 Å². The van der Waals surface area contributed by atoms with E-state index < -0.39 is 0 Å². The van der Waals surface area contributed by atoms with Gasteiger partial charge in [0, 0.05) is 5.56 Å². The van der Waals surface area contributed by atoms with Gasteiger partial charge >= 0.3 is 0 Å². The number of nitrogens with zero attached hydrogens (tertiary/aromatic N) is 2. The molecule has 4 nitrogen and oxygen atoms in total. The van der Waals surface area contributed by atoms with Crippen molar-refractivity contribution in [2.75, 3.05) is 27.2 Å². The molecule has 32 heavy (non-hydrogen) atoms. The molecule has 0 bridgehead atoms. The van der Waals surface area contributed by atoms with Crippen LogP contribution >= 0.6 is 0 Å². The average Bonchev–Trinajstić information content (AvgIpc) is 3.29. The van der Waals surface area contributed by atoms with Gasteiger partial charge in [-0.3, -0.25) is 0 Å². The number of nitrogens with one attached hydrogen (secondary N) is 1. The van der Waals surface area contributed by atoms with E-state index in [0.29, 0.717) is 0 Å². The Labute approximate surface area is 190 Å². The maximum absolute atomic E-state index is 6.75. The molecule has 4 heteroatoms. The van der Waals surface area contributed by atoms with Gasteiger partial charge in [0.05, 0.1) is 51.8 Å². The van der Waals surface area contributed by atoms with Gasteiger partial charge in [0.25, 0.3) is 0 Å². The molecular weight excluding hydrogens is 394 g/mol. The van der Waals surface area contributed by atoms with Crippen molar-refractivity contribution < 1.29 is 9.22 Å². The smallest absolute Gasteiger partial charge is 0.191 e. The Morgan fingerprint density at radius 2 is 1.44 bits per heavy atom. The van der Waals surface area contributed by atoms with Crippen LogP contribution in [0.4, 0.5) is 0 Å². The van der Waals surface area contributed by atoms with Crippen molar-refractivity contribution in [2.24, 2.45) is 0 Å². The summed E-state index contributed by atoms with van der Waals surface area (Å²) in [5.74, 6) is 1.03. The molecule has 162 valence electrons. The van der Waals surface area contributed by atoms with Crippen LogP contribution in [0.25, 0.3) is 16.8 Å². The second kappa shape index (κ2) is 7.22. The van der Waals surface area contributed by atoms with E-state index in [1.807, 2.05) is 0 Å². The van der Waals surface area contributed by atoms with Crippen molar-refractivity contribution in [1.82, 2.24) is 10.4 Å². The van der Waals surface area contributed by atoms with Crippen LogP contribution in [0.2, 0.25) is 0 Å². The highest BCUT2D eigenvalue weighted by atomic mass is 16.5. The van der Waals surface area contributed by atoms with Crippen molar-refractivity contribution in [3.63, 3.8) is 0 Å². The zero-order chi connectivity index (χ0) is 21.8. The van der Waals surface area contributed by atoms with E-state index in [9.17, 15) is 0 Å². The van der Waals surface area contributed by atoms with Crippen molar-refractivity contribution in [3.8, 4) is 16.9 Å². The average molecular weight is 425 g/mol. The van der Waals surface area contributed by atoms with Crippen molar-refractivity contribution in [3.05, 3.63) is 96.1 Å². The summed E-state index contributed by atoms with van der Waals surface area (Å²) >= 11 is 0. The second-order valence-corrected chi connectivity index (χ2v) is 9.92. The third kappa shape index (κ3) is 3.22. The van der Waals surface area contributed by atoms with E-state index in [1.54, 1.807) is 0 Å². The number of likely N-dealkylation sites (tertiary alicyclic amines) is 1. The Morgan fingerprint density at radius 3 is 2.19 bits per heavy atom. The lowest BCUT2D eigenvalue weighted by molar-refractivity contribution is -0.898. The fourth-order valence-electron chi connectivity index (χ4n) is 5.29. The summed E-state index contributed by atoms with van der Waals surface area (Å²) in [5, 5.41) is 2.38. The number of hydrogen-bond acceptors (Lipinski definition) is 3. The number of piperidine rings is 1. The minimum atomic E-state index is -0.310. The lowest BCUT2D eigenvalue weighted by Crippen LogP contribution is -2.65. The van der Waals surface area contributed by atoms with E-state index in [2.05, 4.69) is 109 Å². The van der Waals surface area contributed by atoms with Crippen LogP contribution in [0.1, 0.15) is 30.0 Å². The second-order valence-electron chi connectivity index (χ2n) is 9.92. The standard InChI is InChI=1S/C28H30N3O/c1-31(2)18-16-28(17-19-31)30-26(24-10-6-7-11-27(24)32-28)20-25(29-30)23-14-12-22(13-15-23)21-8-4-3-5-9-21/h3-15,20,26,29H,16-19H2,1-2H3/q+1/t26-/m1/s1. The molecule has 3 aromatic rings. The third-order valence-electron chi connectivity index (χ3n) is 7.34. The van der Waals surface area contributed by atoms with Crippen molar-refractivity contribution in [2.45, 2.75) is 24.6 Å². The molecule has 3 aromatic carbocycles. The minimum absolute atomic E-state index is 0.178. The monoisotopic (exact) mass is 424 g/mol. The highest BCUT2D eigenvalue weighted by Crippen LogP contribution is 2.48. The van der Waals surface area contributed by atoms with Crippen molar-refractivity contribution >= 4 is 5.70 Å². The molecule has 0 radical (unpaired) electrons. The van der Waals surface area contributed by atoms with Crippen LogP contribution in [0.3, 0.4) is 0 Å². The van der Waals surface area contributed by atoms with Crippen LogP contribution in [0.15, 0.2) is 84.9 Å². The normalized spacial score (nSPS) is 22.9. The summed E-state index contributed by atoms with van der Waals surface area (Å²) < 4.78 is 7.80. The predicted molar refractivity (Wildman–Crippen MR) is 128 cm³/mol. The Morgan fingerprint density at radius 1 is 0.812 bits per heavy atom. The quantitative estimate of drug-likeness (QED) is 0.571. The number of hydrogen-bond donors (Lipinski definition) is 1. The van der Waals surface area contributed by atoms with Crippen LogP contribution in [0.5, 0.6) is 5.75 Å². The topological polar surface area (TPSA) is 24.5 Å². The molecule has 0 amide bonds. The van der Waals surface area contributed by atoms with Gasteiger partial charge in [0.1, 0.15) is 5.75 Å². The summed E-state index contributed by atoms with van der Waals surface area (Å²) in [4.78, 5) is 0. The maximum atomic E-state index is 6.75. The summed E-state index contributed by atoms with van der Waals surface area (Å²) in [7, 11) is 4.63. The predicted octanol–water partition coefficient (Wildman–Crippen LogP) is 5.21. The first kappa shape index (κ1) is 19.6. The molecule has 1 N–H and O–H groups in total. The lowest BCUT2D eigenvalue weighted by Gasteiger charge is -2.52. The van der Waals surface area contributed by atoms with Crippen LogP contribution in [-0.2, 0) is 0 Å². The molecule has 0 saturated carbocycles. The van der Waals surface area contributed by atoms with E-state index in [4.69, 9.17) is 4.74 Å². The molecule has 3 aliphatic heterocycles. The fraction of sp³-hybridized carbons (Fsp3) is 0.286. The largest absolute Gasteiger partial charge is 0.470 e. The molecular formula is C28H30N3O+. The summed E-state index contributed by atoms with van der Waals surface area (Å²) in [6.07, 6.45) is 4.38. The van der Waals surface area contributed by atoms with Crippen LogP contribution in [-0.4, -0.2) is 42.4 Å². The van der Waals surface area contributed by atoms with Crippen LogP contribution < -0.4 is 10.2 Å². The molecule has 1 atom stereocenters. The summed E-state index contributed by atoms with van der Waals surface area (Å²) in [6, 6.07) is 28.1. The minimum Gasteiger partial charge on any atom is -0.470 e. The Balaban J connectivity index is 1.34. The zero-order valence-corrected chi connectivity index (χ0v) is 18.8. The molecule has 1 fully saturated rings. The zero-order valence-electron chi connectivity index (χ0n) is 18.8. The highest BCUT2D eigenvalue weighted by molar-refractivity contribution is 5.71. The van der Waals surface area contributed by atoms with Gasteiger partial charge in [0.2, 0.25) is 0 Å². The van der Waals surface area contributed by atoms with Gasteiger partial charge in [-0.1, -0.05) is 72.8 Å². The molecule has 6 rings (SSSR count). The summed E-state index contributed by atoms with van der Waals surface area (Å²) in [6.45, 7) is 2.21. The first-order chi connectivity index (χ1) is 15.5. The molecule has 0 unspecified atom stereocenters. The number of hydrazine groups is 1. The molecule has 1 spiro atoms. The van der Waals surface area contributed by atoms with Gasteiger partial charge in [-0.05, 0) is 28.8 Å². The highest BCUT2D eigenvalue weighted by Gasteiger charge is 2.53. The first-order valence-corrected chi connectivity index (χ1v) is 11.6. The molecule has 3 heterocycles. The van der Waals surface area contributed by atoms with E-state index in [1.165, 1.54) is 22.3 Å². The number of para-hydroxylation sites is 1. The van der Waals surface area contributed by atoms with E-state index in [-0.39, 0.29) is 11.8 Å². The van der Waals surface area contributed by atoms with E-state index in [0.717, 1.165) is 41.9 Å². The SMILES string of the molecule is C[N+]1(C)CCC2(CC1)Oc1ccccc1[C@H]1C=C(c3ccc(-c4ccccc4)cc3)NN12. The lowest BCUT2D eigenvalue weighted by atomic mass is 9.92. The van der Waals surface area contributed by atoms with Crippen molar-refractivity contribution in [1.29, 1.82) is 0 Å². The Kier molecular flexibility index (Phi) is 4.42. The third-order valence-corrected chi connectivity index (χ3v) is 7.34. The molecule has 1 saturated heterocycles. The van der Waals surface area contributed by atoms with Gasteiger partial charge in [-0.25, -0.2) is 0 Å². The number of ether oxygens (including phenoxy) is 1. The number of quaternary nitrogens is 1. The fourth-order valence-corrected chi connectivity index (χ4v) is 5.29. The van der Waals surface area contributed by atoms with Gasteiger partial charge < -0.3 is 14.6 Å². The first-order valence-electron chi connectivity index (χ1n) is 11.6. The van der Waals surface area contributed by atoms with Crippen LogP contribution in [0, 0.1) is 0 Å². The summed E-state index contributed by atoms with van der Waals surface area (Å²) in [5.41, 5.74) is 9.54. The Bertz CT molecular complexity index is 1160. The number of benzene rings is 3.